The van der Waals surface area contributed by atoms with Crippen LogP contribution in [0.3, 0.4) is 0 Å². The maximum Gasteiger partial charge on any atom is 0.264 e. The molecule has 1 aliphatic carbocycles. The van der Waals surface area contributed by atoms with Gasteiger partial charge < -0.3 is 10.2 Å². The van der Waals surface area contributed by atoms with E-state index >= 15 is 0 Å². The molecule has 0 saturated heterocycles. The minimum absolute atomic E-state index is 0.00365. The van der Waals surface area contributed by atoms with Crippen LogP contribution in [0.5, 0.6) is 0 Å². The van der Waals surface area contributed by atoms with Gasteiger partial charge in [0.2, 0.25) is 11.8 Å². The number of carbonyl (C=O) groups is 2. The van der Waals surface area contributed by atoms with E-state index in [1.54, 1.807) is 36.4 Å². The minimum atomic E-state index is -4.28. The standard InChI is InChI=1S/C36H36Cl3N3O4S/c1-25-11-17-33(18-12-25)47(45,46)42(32-21-29(38)20-30(39)22-32)24-35(43)41(23-27-13-15-28(37)16-14-27)34(19-26-7-3-2-4-8-26)36(44)40-31-9-5-6-10-31/h2-4,7-8,11-18,20-22,31,34H,5-6,9-10,19,23-24H2,1H3,(H,40,44). The van der Waals surface area contributed by atoms with Crippen molar-refractivity contribution in [2.24, 2.45) is 0 Å². The van der Waals surface area contributed by atoms with Gasteiger partial charge in [-0.15, -0.1) is 0 Å². The average molecular weight is 713 g/mol. The van der Waals surface area contributed by atoms with Crippen LogP contribution < -0.4 is 9.62 Å². The van der Waals surface area contributed by atoms with E-state index in [1.165, 1.54) is 35.2 Å². The van der Waals surface area contributed by atoms with Crippen LogP contribution in [-0.2, 0) is 32.6 Å². The summed E-state index contributed by atoms with van der Waals surface area (Å²) >= 11 is 18.8. The molecule has 0 aromatic heterocycles. The van der Waals surface area contributed by atoms with Gasteiger partial charge in [-0.2, -0.15) is 0 Å². The summed E-state index contributed by atoms with van der Waals surface area (Å²) in [5, 5.41) is 4.11. The van der Waals surface area contributed by atoms with Gasteiger partial charge in [-0.05, 0) is 73.4 Å². The summed E-state index contributed by atoms with van der Waals surface area (Å²) in [6, 6.07) is 26.3. The first-order valence-corrected chi connectivity index (χ1v) is 18.0. The molecule has 1 atom stereocenters. The molecule has 1 saturated carbocycles. The Balaban J connectivity index is 1.58. The summed E-state index contributed by atoms with van der Waals surface area (Å²) in [5.74, 6) is -0.865. The van der Waals surface area contributed by atoms with Crippen LogP contribution >= 0.6 is 34.8 Å². The van der Waals surface area contributed by atoms with Crippen molar-refractivity contribution >= 4 is 62.3 Å². The molecule has 4 aromatic carbocycles. The highest BCUT2D eigenvalue weighted by atomic mass is 35.5. The Labute approximate surface area is 291 Å². The second-order valence-electron chi connectivity index (χ2n) is 11.8. The van der Waals surface area contributed by atoms with Gasteiger partial charge in [-0.25, -0.2) is 8.42 Å². The van der Waals surface area contributed by atoms with E-state index in [-0.39, 0.29) is 45.5 Å². The number of benzene rings is 4. The SMILES string of the molecule is Cc1ccc(S(=O)(=O)N(CC(=O)N(Cc2ccc(Cl)cc2)C(Cc2ccccc2)C(=O)NC2CCCC2)c2cc(Cl)cc(Cl)c2)cc1. The molecule has 1 fully saturated rings. The van der Waals surface area contributed by atoms with Crippen LogP contribution in [0.2, 0.25) is 15.1 Å². The van der Waals surface area contributed by atoms with Crippen LogP contribution in [0.4, 0.5) is 5.69 Å². The summed E-state index contributed by atoms with van der Waals surface area (Å²) in [6.45, 7) is 1.29. The number of nitrogens with one attached hydrogen (secondary N) is 1. The molecular weight excluding hydrogens is 677 g/mol. The maximum absolute atomic E-state index is 14.6. The van der Waals surface area contributed by atoms with Gasteiger partial charge in [0.05, 0.1) is 10.6 Å². The van der Waals surface area contributed by atoms with Gasteiger partial charge >= 0.3 is 0 Å². The molecule has 246 valence electrons. The molecule has 1 aliphatic rings. The molecular formula is C36H36Cl3N3O4S. The topological polar surface area (TPSA) is 86.8 Å². The normalized spacial score (nSPS) is 14.0. The molecule has 0 heterocycles. The van der Waals surface area contributed by atoms with E-state index in [4.69, 9.17) is 34.8 Å². The predicted octanol–water partition coefficient (Wildman–Crippen LogP) is 7.85. The number of sulfonamides is 1. The molecule has 47 heavy (non-hydrogen) atoms. The lowest BCUT2D eigenvalue weighted by atomic mass is 10.0. The number of hydrogen-bond donors (Lipinski definition) is 1. The summed E-state index contributed by atoms with van der Waals surface area (Å²) in [6.07, 6.45) is 4.01. The van der Waals surface area contributed by atoms with E-state index in [1.807, 2.05) is 37.3 Å². The number of rotatable bonds is 12. The third-order valence-electron chi connectivity index (χ3n) is 8.26. The maximum atomic E-state index is 14.6. The summed E-state index contributed by atoms with van der Waals surface area (Å²) in [5.41, 5.74) is 2.59. The van der Waals surface area contributed by atoms with E-state index < -0.39 is 28.5 Å². The molecule has 0 aliphatic heterocycles. The van der Waals surface area contributed by atoms with Crippen molar-refractivity contribution in [3.63, 3.8) is 0 Å². The van der Waals surface area contributed by atoms with Crippen molar-refractivity contribution in [1.82, 2.24) is 10.2 Å². The lowest BCUT2D eigenvalue weighted by molar-refractivity contribution is -0.140. The molecule has 0 radical (unpaired) electrons. The number of amides is 2. The Kier molecular flexibility index (Phi) is 11.5. The first kappa shape index (κ1) is 34.8. The van der Waals surface area contributed by atoms with Gasteiger partial charge in [0, 0.05) is 34.1 Å². The van der Waals surface area contributed by atoms with E-state index in [0.717, 1.165) is 46.7 Å². The Hall–Kier alpha value is -3.56. The Bertz CT molecular complexity index is 1780. The summed E-state index contributed by atoms with van der Waals surface area (Å²) < 4.78 is 29.4. The van der Waals surface area contributed by atoms with E-state index in [2.05, 4.69) is 5.32 Å². The fourth-order valence-corrected chi connectivity index (χ4v) is 7.80. The number of anilines is 1. The van der Waals surface area contributed by atoms with Crippen molar-refractivity contribution in [2.45, 2.75) is 62.6 Å². The average Bonchev–Trinajstić information content (AvgIpc) is 3.55. The highest BCUT2D eigenvalue weighted by Crippen LogP contribution is 2.31. The highest BCUT2D eigenvalue weighted by Gasteiger charge is 2.35. The van der Waals surface area contributed by atoms with Gasteiger partial charge in [0.25, 0.3) is 10.0 Å². The number of hydrogen-bond acceptors (Lipinski definition) is 4. The van der Waals surface area contributed by atoms with Crippen molar-refractivity contribution in [1.29, 1.82) is 0 Å². The van der Waals surface area contributed by atoms with E-state index in [0.29, 0.717) is 5.02 Å². The number of aryl methyl sites for hydroxylation is 1. The van der Waals surface area contributed by atoms with Crippen LogP contribution in [0, 0.1) is 6.92 Å². The monoisotopic (exact) mass is 711 g/mol. The van der Waals surface area contributed by atoms with Crippen molar-refractivity contribution in [2.75, 3.05) is 10.8 Å². The van der Waals surface area contributed by atoms with Gasteiger partial charge in [-0.1, -0.05) is 108 Å². The predicted molar refractivity (Wildman–Crippen MR) is 189 cm³/mol. The van der Waals surface area contributed by atoms with E-state index in [9.17, 15) is 18.0 Å². The third-order valence-corrected chi connectivity index (χ3v) is 10.7. The molecule has 1 N–H and O–H groups in total. The number of halogens is 3. The second-order valence-corrected chi connectivity index (χ2v) is 15.0. The molecule has 4 aromatic rings. The molecule has 7 nitrogen and oxygen atoms in total. The van der Waals surface area contributed by atoms with Crippen molar-refractivity contribution in [3.8, 4) is 0 Å². The molecule has 1 unspecified atom stereocenters. The molecule has 0 bridgehead atoms. The van der Waals surface area contributed by atoms with Gasteiger partial charge in [0.15, 0.2) is 0 Å². The molecule has 5 rings (SSSR count). The van der Waals surface area contributed by atoms with Crippen LogP contribution in [0.15, 0.2) is 102 Å². The zero-order valence-electron chi connectivity index (χ0n) is 25.9. The largest absolute Gasteiger partial charge is 0.352 e. The molecule has 2 amide bonds. The fraction of sp³-hybridized carbons (Fsp3) is 0.278. The molecule has 0 spiro atoms. The first-order chi connectivity index (χ1) is 22.5. The zero-order valence-corrected chi connectivity index (χ0v) is 29.0. The fourth-order valence-electron chi connectivity index (χ4n) is 5.76. The quantitative estimate of drug-likeness (QED) is 0.162. The first-order valence-electron chi connectivity index (χ1n) is 15.4. The third kappa shape index (κ3) is 9.08. The lowest BCUT2D eigenvalue weighted by Gasteiger charge is -2.34. The summed E-state index contributed by atoms with van der Waals surface area (Å²) in [4.78, 5) is 30.2. The smallest absolute Gasteiger partial charge is 0.264 e. The Morgan fingerprint density at radius 2 is 1.43 bits per heavy atom. The lowest BCUT2D eigenvalue weighted by Crippen LogP contribution is -2.54. The van der Waals surface area contributed by atoms with Gasteiger partial charge in [0.1, 0.15) is 12.6 Å². The second kappa shape index (κ2) is 15.6. The Morgan fingerprint density at radius 1 is 0.809 bits per heavy atom. The minimum Gasteiger partial charge on any atom is -0.352 e. The summed E-state index contributed by atoms with van der Waals surface area (Å²) in [7, 11) is -4.28. The van der Waals surface area contributed by atoms with Crippen LogP contribution in [0.1, 0.15) is 42.4 Å². The van der Waals surface area contributed by atoms with Crippen molar-refractivity contribution < 1.29 is 18.0 Å². The number of carbonyl (C=O) groups excluding carboxylic acids is 2. The highest BCUT2D eigenvalue weighted by molar-refractivity contribution is 7.92. The number of nitrogens with zero attached hydrogens (tertiary/aromatic N) is 2. The zero-order chi connectivity index (χ0) is 33.6. The van der Waals surface area contributed by atoms with Crippen LogP contribution in [-0.4, -0.2) is 43.8 Å². The van der Waals surface area contributed by atoms with Crippen molar-refractivity contribution in [3.05, 3.63) is 129 Å². The van der Waals surface area contributed by atoms with Gasteiger partial charge in [-0.3, -0.25) is 13.9 Å². The van der Waals surface area contributed by atoms with Crippen LogP contribution in [0.25, 0.3) is 0 Å². The Morgan fingerprint density at radius 3 is 2.04 bits per heavy atom. The molecule has 11 heteroatoms.